The van der Waals surface area contributed by atoms with Gasteiger partial charge in [-0.05, 0) is 25.5 Å². The van der Waals surface area contributed by atoms with Gasteiger partial charge in [0.05, 0.1) is 0 Å². The Morgan fingerprint density at radius 2 is 2.00 bits per heavy atom. The van der Waals surface area contributed by atoms with Gasteiger partial charge in [0.15, 0.2) is 0 Å². The summed E-state index contributed by atoms with van der Waals surface area (Å²) in [6, 6.07) is 0. The summed E-state index contributed by atoms with van der Waals surface area (Å²) < 4.78 is 18.0. The predicted molar refractivity (Wildman–Crippen MR) is 53.5 cm³/mol. The number of carboxylic acid groups (broad SMARTS) is 1. The maximum Gasteiger partial charge on any atom is 0.371 e. The Hall–Kier alpha value is -1.84. The first-order valence-electron chi connectivity index (χ1n) is 4.38. The third kappa shape index (κ3) is 2.80. The highest BCUT2D eigenvalue weighted by Gasteiger charge is 2.15. The maximum atomic E-state index is 13.2. The average Bonchev–Trinajstić information content (AvgIpc) is 2.18. The highest BCUT2D eigenvalue weighted by atomic mass is 19.1. The molecule has 0 amide bonds. The van der Waals surface area contributed by atoms with Crippen LogP contribution in [-0.2, 0) is 9.53 Å². The van der Waals surface area contributed by atoms with Gasteiger partial charge in [0.25, 0.3) is 0 Å². The number of ether oxygens (including phenoxy) is 1. The molecule has 0 saturated carbocycles. The lowest BCUT2D eigenvalue weighted by atomic mass is 10.0. The molecule has 1 aliphatic carbocycles. The predicted octanol–water partition coefficient (Wildman–Crippen LogP) is 2.69. The molecule has 0 saturated heterocycles. The van der Waals surface area contributed by atoms with E-state index in [9.17, 15) is 9.18 Å². The van der Waals surface area contributed by atoms with Crippen LogP contribution in [0.4, 0.5) is 4.39 Å². The average molecular weight is 210 g/mol. The third-order valence-corrected chi connectivity index (χ3v) is 1.88. The van der Waals surface area contributed by atoms with Crippen LogP contribution in [0.2, 0.25) is 0 Å². The van der Waals surface area contributed by atoms with E-state index in [1.165, 1.54) is 6.08 Å². The monoisotopic (exact) mass is 210 g/mol. The van der Waals surface area contributed by atoms with Crippen molar-refractivity contribution >= 4 is 5.97 Å². The number of hydrogen-bond donors (Lipinski definition) is 1. The Bertz CT molecular complexity index is 377. The molecular formula is C11H11FO3. The van der Waals surface area contributed by atoms with Gasteiger partial charge in [-0.3, -0.25) is 0 Å². The second-order valence-corrected chi connectivity index (χ2v) is 3.00. The molecule has 0 atom stereocenters. The molecule has 0 unspecified atom stereocenters. The first-order chi connectivity index (χ1) is 7.02. The van der Waals surface area contributed by atoms with Crippen molar-refractivity contribution in [1.29, 1.82) is 0 Å². The molecule has 4 heteroatoms. The summed E-state index contributed by atoms with van der Waals surface area (Å²) in [6.07, 6.45) is 4.34. The van der Waals surface area contributed by atoms with E-state index >= 15 is 0 Å². The summed E-state index contributed by atoms with van der Waals surface area (Å²) in [6.45, 7) is 6.62. The van der Waals surface area contributed by atoms with Crippen LogP contribution < -0.4 is 0 Å². The number of halogens is 1. The first-order valence-corrected chi connectivity index (χ1v) is 4.38. The quantitative estimate of drug-likeness (QED) is 0.573. The summed E-state index contributed by atoms with van der Waals surface area (Å²) in [4.78, 5) is 10.4. The summed E-state index contributed by atoms with van der Waals surface area (Å²) >= 11 is 0. The molecule has 1 aliphatic rings. The van der Waals surface area contributed by atoms with Gasteiger partial charge in [0.1, 0.15) is 11.6 Å². The van der Waals surface area contributed by atoms with Crippen LogP contribution in [-0.4, -0.2) is 11.1 Å². The van der Waals surface area contributed by atoms with Crippen molar-refractivity contribution < 1.29 is 19.0 Å². The van der Waals surface area contributed by atoms with E-state index in [1.54, 1.807) is 6.08 Å². The van der Waals surface area contributed by atoms with Crippen LogP contribution >= 0.6 is 0 Å². The molecule has 0 heterocycles. The van der Waals surface area contributed by atoms with E-state index < -0.39 is 17.6 Å². The molecule has 0 aromatic heterocycles. The molecule has 0 bridgehead atoms. The van der Waals surface area contributed by atoms with Crippen LogP contribution in [0.25, 0.3) is 0 Å². The van der Waals surface area contributed by atoms with Gasteiger partial charge in [-0.15, -0.1) is 0 Å². The molecule has 0 aromatic rings. The largest absolute Gasteiger partial charge is 0.475 e. The van der Waals surface area contributed by atoms with Crippen molar-refractivity contribution in [2.75, 3.05) is 0 Å². The highest BCUT2D eigenvalue weighted by molar-refractivity contribution is 5.83. The van der Waals surface area contributed by atoms with Gasteiger partial charge in [-0.1, -0.05) is 12.7 Å². The van der Waals surface area contributed by atoms with E-state index in [0.717, 1.165) is 0 Å². The highest BCUT2D eigenvalue weighted by Crippen LogP contribution is 2.26. The lowest BCUT2D eigenvalue weighted by Gasteiger charge is -2.13. The Labute approximate surface area is 86.9 Å². The minimum absolute atomic E-state index is 0.0316. The topological polar surface area (TPSA) is 46.5 Å². The SMILES string of the molecule is C=C(OC(=C)C1=CCCC=C1F)C(=O)O. The van der Waals surface area contributed by atoms with Gasteiger partial charge in [-0.25, -0.2) is 9.18 Å². The number of rotatable bonds is 4. The lowest BCUT2D eigenvalue weighted by Crippen LogP contribution is -2.05. The van der Waals surface area contributed by atoms with Gasteiger partial charge < -0.3 is 9.84 Å². The van der Waals surface area contributed by atoms with Crippen molar-refractivity contribution in [3.05, 3.63) is 48.2 Å². The summed E-state index contributed by atoms with van der Waals surface area (Å²) in [5.41, 5.74) is 0.198. The molecule has 0 aliphatic heterocycles. The molecule has 15 heavy (non-hydrogen) atoms. The fourth-order valence-electron chi connectivity index (χ4n) is 1.14. The Morgan fingerprint density at radius 3 is 2.53 bits per heavy atom. The Kier molecular flexibility index (Phi) is 3.44. The molecule has 80 valence electrons. The van der Waals surface area contributed by atoms with Crippen LogP contribution in [0.1, 0.15) is 12.8 Å². The van der Waals surface area contributed by atoms with Crippen molar-refractivity contribution in [2.24, 2.45) is 0 Å². The minimum atomic E-state index is -1.29. The van der Waals surface area contributed by atoms with E-state index in [2.05, 4.69) is 13.2 Å². The smallest absolute Gasteiger partial charge is 0.371 e. The standard InChI is InChI=1S/C11H11FO3/c1-7(15-8(2)11(13)14)9-5-3-4-6-10(9)12/h5-6H,1-4H2,(H,13,14). The normalized spacial score (nSPS) is 15.0. The molecule has 0 radical (unpaired) electrons. The molecule has 3 nitrogen and oxygen atoms in total. The Morgan fingerprint density at radius 1 is 1.40 bits per heavy atom. The van der Waals surface area contributed by atoms with Crippen molar-refractivity contribution in [1.82, 2.24) is 0 Å². The molecule has 0 aromatic carbocycles. The van der Waals surface area contributed by atoms with Gasteiger partial charge >= 0.3 is 5.97 Å². The zero-order chi connectivity index (χ0) is 11.4. The second-order valence-electron chi connectivity index (χ2n) is 3.00. The molecule has 1 rings (SSSR count). The zero-order valence-corrected chi connectivity index (χ0v) is 8.12. The van der Waals surface area contributed by atoms with Gasteiger partial charge in [0, 0.05) is 5.57 Å². The zero-order valence-electron chi connectivity index (χ0n) is 8.12. The molecular weight excluding hydrogens is 199 g/mol. The molecule has 0 spiro atoms. The fraction of sp³-hybridized carbons (Fsp3) is 0.182. The van der Waals surface area contributed by atoms with Gasteiger partial charge in [0.2, 0.25) is 5.76 Å². The van der Waals surface area contributed by atoms with Crippen molar-refractivity contribution in [3.63, 3.8) is 0 Å². The maximum absolute atomic E-state index is 13.2. The fourth-order valence-corrected chi connectivity index (χ4v) is 1.14. The molecule has 0 fully saturated rings. The molecule has 1 N–H and O–H groups in total. The lowest BCUT2D eigenvalue weighted by molar-refractivity contribution is -0.135. The number of hydrogen-bond acceptors (Lipinski definition) is 2. The van der Waals surface area contributed by atoms with Crippen LogP contribution in [0.5, 0.6) is 0 Å². The minimum Gasteiger partial charge on any atom is -0.475 e. The van der Waals surface area contributed by atoms with Gasteiger partial charge in [-0.2, -0.15) is 0 Å². The van der Waals surface area contributed by atoms with E-state index in [1.807, 2.05) is 0 Å². The second kappa shape index (κ2) is 4.59. The van der Waals surface area contributed by atoms with E-state index in [0.29, 0.717) is 12.8 Å². The number of aliphatic carboxylic acids is 1. The summed E-state index contributed by atoms with van der Waals surface area (Å²) in [5.74, 6) is -2.24. The van der Waals surface area contributed by atoms with Crippen LogP contribution in [0.3, 0.4) is 0 Å². The third-order valence-electron chi connectivity index (χ3n) is 1.88. The van der Waals surface area contributed by atoms with Crippen LogP contribution in [0, 0.1) is 0 Å². The van der Waals surface area contributed by atoms with Crippen molar-refractivity contribution in [2.45, 2.75) is 12.8 Å². The number of carbonyl (C=O) groups is 1. The van der Waals surface area contributed by atoms with E-state index in [4.69, 9.17) is 9.84 Å². The summed E-state index contributed by atoms with van der Waals surface area (Å²) in [5, 5.41) is 8.50. The van der Waals surface area contributed by atoms with Crippen LogP contribution in [0.15, 0.2) is 48.2 Å². The summed E-state index contributed by atoms with van der Waals surface area (Å²) in [7, 11) is 0. The number of carboxylic acids is 1. The first kappa shape index (κ1) is 11.2. The van der Waals surface area contributed by atoms with Crippen molar-refractivity contribution in [3.8, 4) is 0 Å². The number of allylic oxidation sites excluding steroid dienone is 3. The van der Waals surface area contributed by atoms with E-state index in [-0.39, 0.29) is 11.3 Å². The Balaban J connectivity index is 2.70.